The minimum Gasteiger partial charge on any atom is -0.352 e. The van der Waals surface area contributed by atoms with E-state index in [9.17, 15) is 0 Å². The van der Waals surface area contributed by atoms with Gasteiger partial charge in [-0.3, -0.25) is 0 Å². The molecule has 0 spiro atoms. The van der Waals surface area contributed by atoms with E-state index in [1.54, 1.807) is 11.3 Å². The van der Waals surface area contributed by atoms with Crippen molar-refractivity contribution in [1.29, 1.82) is 0 Å². The number of unbranched alkanes of at least 4 members (excludes halogenated alkanes) is 1. The van der Waals surface area contributed by atoms with Crippen molar-refractivity contribution in [2.24, 2.45) is 5.73 Å². The Morgan fingerprint density at radius 1 is 1.14 bits per heavy atom. The third-order valence-electron chi connectivity index (χ3n) is 3.62. The zero-order valence-electron chi connectivity index (χ0n) is 11.5. The number of nitrogens with two attached hydrogens (primary N) is 1. The van der Waals surface area contributed by atoms with Gasteiger partial charge in [-0.05, 0) is 48.9 Å². The minimum absolute atomic E-state index is 0.580. The molecule has 3 aromatic rings. The van der Waals surface area contributed by atoms with Crippen LogP contribution in [0.1, 0.15) is 18.4 Å². The topological polar surface area (TPSA) is 41.8 Å². The first-order chi connectivity index (χ1) is 10.2. The van der Waals surface area contributed by atoms with E-state index in [4.69, 9.17) is 28.9 Å². The largest absolute Gasteiger partial charge is 0.352 e. The zero-order chi connectivity index (χ0) is 14.8. The Hall–Kier alpha value is -1.00. The van der Waals surface area contributed by atoms with Crippen LogP contribution in [0.25, 0.3) is 21.5 Å². The Morgan fingerprint density at radius 2 is 2.00 bits per heavy atom. The number of hydrogen-bond donors (Lipinski definition) is 2. The maximum Gasteiger partial charge on any atom is 0.0833 e. The van der Waals surface area contributed by atoms with Gasteiger partial charge in [0.15, 0.2) is 0 Å². The van der Waals surface area contributed by atoms with Crippen molar-refractivity contribution < 1.29 is 0 Å². The first kappa shape index (κ1) is 14.9. The van der Waals surface area contributed by atoms with Gasteiger partial charge in [0, 0.05) is 5.39 Å². The second-order valence-electron chi connectivity index (χ2n) is 4.99. The number of H-pyrrole nitrogens is 1. The molecule has 110 valence electrons. The van der Waals surface area contributed by atoms with Crippen molar-refractivity contribution in [3.8, 4) is 10.6 Å². The predicted octanol–water partition coefficient (Wildman–Crippen LogP) is 5.48. The third kappa shape index (κ3) is 2.84. The average molecular weight is 339 g/mol. The fraction of sp³-hybridized carbons (Fsp3) is 0.250. The first-order valence-corrected chi connectivity index (χ1v) is 8.58. The Morgan fingerprint density at radius 3 is 2.71 bits per heavy atom. The molecule has 5 heteroatoms. The number of rotatable bonds is 5. The molecule has 0 aliphatic carbocycles. The number of aryl methyl sites for hydroxylation is 1. The molecule has 0 bridgehead atoms. The molecule has 0 radical (unpaired) electrons. The maximum atomic E-state index is 6.35. The number of fused-ring (bicyclic) bond motifs is 1. The van der Waals surface area contributed by atoms with Gasteiger partial charge in [-0.2, -0.15) is 0 Å². The molecular formula is C16H16Cl2N2S. The Balaban J connectivity index is 2.15. The van der Waals surface area contributed by atoms with Crippen LogP contribution < -0.4 is 5.73 Å². The van der Waals surface area contributed by atoms with Gasteiger partial charge in [0.05, 0.1) is 26.1 Å². The molecule has 0 saturated carbocycles. The first-order valence-electron chi connectivity index (χ1n) is 6.95. The Bertz CT molecular complexity index is 747. The Kier molecular flexibility index (Phi) is 4.55. The number of aromatic nitrogens is 1. The van der Waals surface area contributed by atoms with E-state index in [1.807, 2.05) is 6.07 Å². The second kappa shape index (κ2) is 6.41. The lowest BCUT2D eigenvalue weighted by Gasteiger charge is -2.03. The van der Waals surface area contributed by atoms with Crippen molar-refractivity contribution in [2.45, 2.75) is 19.3 Å². The van der Waals surface area contributed by atoms with Crippen LogP contribution >= 0.6 is 34.5 Å². The molecule has 0 aliphatic heterocycles. The zero-order valence-corrected chi connectivity index (χ0v) is 13.8. The van der Waals surface area contributed by atoms with E-state index in [-0.39, 0.29) is 0 Å². The van der Waals surface area contributed by atoms with Gasteiger partial charge in [-0.25, -0.2) is 0 Å². The highest BCUT2D eigenvalue weighted by molar-refractivity contribution is 7.13. The number of hydrogen-bond acceptors (Lipinski definition) is 2. The standard InChI is InChI=1S/C16H16Cl2N2S/c17-12-7-6-11-10(4-1-2-8-19)15(13-5-3-9-21-13)20-16(11)14(12)18/h3,5-7,9,20H,1-2,4,8,19H2. The van der Waals surface area contributed by atoms with E-state index in [2.05, 4.69) is 28.6 Å². The summed E-state index contributed by atoms with van der Waals surface area (Å²) < 4.78 is 0. The van der Waals surface area contributed by atoms with Crippen molar-refractivity contribution in [2.75, 3.05) is 6.54 Å². The van der Waals surface area contributed by atoms with E-state index in [0.717, 1.165) is 42.4 Å². The molecular weight excluding hydrogens is 323 g/mol. The molecule has 0 saturated heterocycles. The van der Waals surface area contributed by atoms with Crippen LogP contribution in [0.2, 0.25) is 10.0 Å². The smallest absolute Gasteiger partial charge is 0.0833 e. The highest BCUT2D eigenvalue weighted by Gasteiger charge is 2.16. The predicted molar refractivity (Wildman–Crippen MR) is 93.6 cm³/mol. The molecule has 2 nitrogen and oxygen atoms in total. The highest BCUT2D eigenvalue weighted by atomic mass is 35.5. The second-order valence-corrected chi connectivity index (χ2v) is 6.72. The summed E-state index contributed by atoms with van der Waals surface area (Å²) in [4.78, 5) is 4.69. The lowest BCUT2D eigenvalue weighted by Crippen LogP contribution is -1.99. The normalized spacial score (nSPS) is 11.4. The Labute approximate surface area is 137 Å². The maximum absolute atomic E-state index is 6.35. The number of nitrogens with one attached hydrogen (secondary N) is 1. The van der Waals surface area contributed by atoms with Crippen LogP contribution in [0, 0.1) is 0 Å². The SMILES string of the molecule is NCCCCc1c(-c2cccs2)[nH]c2c(Cl)c(Cl)ccc12. The van der Waals surface area contributed by atoms with E-state index in [1.165, 1.54) is 10.4 Å². The van der Waals surface area contributed by atoms with Crippen LogP contribution in [-0.2, 0) is 6.42 Å². The van der Waals surface area contributed by atoms with Gasteiger partial charge in [0.25, 0.3) is 0 Å². The van der Waals surface area contributed by atoms with Gasteiger partial charge in [0.1, 0.15) is 0 Å². The van der Waals surface area contributed by atoms with Crippen LogP contribution in [0.4, 0.5) is 0 Å². The quantitative estimate of drug-likeness (QED) is 0.594. The molecule has 2 heterocycles. The van der Waals surface area contributed by atoms with E-state index in [0.29, 0.717) is 10.0 Å². The lowest BCUT2D eigenvalue weighted by atomic mass is 10.0. The summed E-state index contributed by atoms with van der Waals surface area (Å²) in [5.41, 5.74) is 9.00. The van der Waals surface area contributed by atoms with Gasteiger partial charge in [-0.15, -0.1) is 11.3 Å². The van der Waals surface area contributed by atoms with Gasteiger partial charge < -0.3 is 10.7 Å². The van der Waals surface area contributed by atoms with Crippen LogP contribution in [-0.4, -0.2) is 11.5 Å². The third-order valence-corrected chi connectivity index (χ3v) is 5.31. The lowest BCUT2D eigenvalue weighted by molar-refractivity contribution is 0.748. The van der Waals surface area contributed by atoms with Gasteiger partial charge in [-0.1, -0.05) is 35.3 Å². The summed E-state index contributed by atoms with van der Waals surface area (Å²) >= 11 is 14.2. The number of halogens is 2. The number of thiophene rings is 1. The number of aromatic amines is 1. The molecule has 3 rings (SSSR count). The molecule has 0 aliphatic rings. The molecule has 21 heavy (non-hydrogen) atoms. The summed E-state index contributed by atoms with van der Waals surface area (Å²) in [5.74, 6) is 0. The summed E-state index contributed by atoms with van der Waals surface area (Å²) in [7, 11) is 0. The fourth-order valence-corrected chi connectivity index (χ4v) is 3.72. The molecule has 0 amide bonds. The summed E-state index contributed by atoms with van der Waals surface area (Å²) in [6.07, 6.45) is 3.09. The van der Waals surface area contributed by atoms with Crippen molar-refractivity contribution in [1.82, 2.24) is 4.98 Å². The molecule has 3 N–H and O–H groups in total. The van der Waals surface area contributed by atoms with Gasteiger partial charge in [0.2, 0.25) is 0 Å². The van der Waals surface area contributed by atoms with E-state index < -0.39 is 0 Å². The van der Waals surface area contributed by atoms with Crippen molar-refractivity contribution >= 4 is 45.4 Å². The highest BCUT2D eigenvalue weighted by Crippen LogP contribution is 2.38. The van der Waals surface area contributed by atoms with Crippen molar-refractivity contribution in [3.63, 3.8) is 0 Å². The molecule has 1 aromatic carbocycles. The van der Waals surface area contributed by atoms with Crippen LogP contribution in [0.15, 0.2) is 29.6 Å². The molecule has 0 atom stereocenters. The summed E-state index contributed by atoms with van der Waals surface area (Å²) in [5, 5.41) is 4.41. The monoisotopic (exact) mass is 338 g/mol. The summed E-state index contributed by atoms with van der Waals surface area (Å²) in [6.45, 7) is 0.725. The fourth-order valence-electron chi connectivity index (χ4n) is 2.60. The summed E-state index contributed by atoms with van der Waals surface area (Å²) in [6, 6.07) is 8.10. The van der Waals surface area contributed by atoms with Crippen LogP contribution in [0.3, 0.4) is 0 Å². The van der Waals surface area contributed by atoms with Crippen molar-refractivity contribution in [3.05, 3.63) is 45.3 Å². The van der Waals surface area contributed by atoms with Gasteiger partial charge >= 0.3 is 0 Å². The average Bonchev–Trinajstić information content (AvgIpc) is 3.11. The molecule has 0 unspecified atom stereocenters. The number of benzene rings is 1. The minimum atomic E-state index is 0.580. The molecule has 2 aromatic heterocycles. The molecule has 0 fully saturated rings. The van der Waals surface area contributed by atoms with Crippen LogP contribution in [0.5, 0.6) is 0 Å². The van der Waals surface area contributed by atoms with E-state index >= 15 is 0 Å².